The molecule has 6 heteroatoms. The van der Waals surface area contributed by atoms with Gasteiger partial charge in [0.05, 0.1) is 6.54 Å². The highest BCUT2D eigenvalue weighted by molar-refractivity contribution is 5.95. The van der Waals surface area contributed by atoms with Gasteiger partial charge in [0.1, 0.15) is 6.29 Å². The maximum Gasteiger partial charge on any atom is 0.321 e. The molecule has 0 aliphatic carbocycles. The summed E-state index contributed by atoms with van der Waals surface area (Å²) in [7, 11) is 0. The van der Waals surface area contributed by atoms with E-state index in [2.05, 4.69) is 10.6 Å². The lowest BCUT2D eigenvalue weighted by molar-refractivity contribution is -0.122. The highest BCUT2D eigenvalue weighted by Crippen LogP contribution is 2.13. The first-order valence-corrected chi connectivity index (χ1v) is 6.60. The lowest BCUT2D eigenvalue weighted by Gasteiger charge is -2.29. The minimum absolute atomic E-state index is 0.00458. The largest absolute Gasteiger partial charge is 0.333 e. The zero-order valence-corrected chi connectivity index (χ0v) is 11.9. The second-order valence-corrected chi connectivity index (χ2v) is 6.03. The minimum atomic E-state index is -0.485. The number of imide groups is 1. The molecule has 19 heavy (non-hydrogen) atoms. The molecule has 2 N–H and O–H groups in total. The number of hydrogen-bond donors (Lipinski definition) is 2. The van der Waals surface area contributed by atoms with Crippen LogP contribution in [0.4, 0.5) is 4.79 Å². The number of urea groups is 1. The fraction of sp³-hybridized carbons (Fsp3) is 0.769. The summed E-state index contributed by atoms with van der Waals surface area (Å²) >= 11 is 0. The first kappa shape index (κ1) is 15.6. The second-order valence-electron chi connectivity index (χ2n) is 6.03. The van der Waals surface area contributed by atoms with Crippen LogP contribution in [-0.4, -0.2) is 48.3 Å². The average Bonchev–Trinajstić information content (AvgIpc) is 2.26. The molecule has 0 saturated carbocycles. The molecule has 1 atom stereocenters. The number of hydrogen-bond acceptors (Lipinski definition) is 4. The summed E-state index contributed by atoms with van der Waals surface area (Å²) in [6, 6.07) is -0.485. The van der Waals surface area contributed by atoms with E-state index in [1.54, 1.807) is 0 Å². The zero-order valence-electron chi connectivity index (χ0n) is 11.9. The van der Waals surface area contributed by atoms with E-state index in [4.69, 9.17) is 0 Å². The average molecular weight is 269 g/mol. The van der Waals surface area contributed by atoms with Crippen LogP contribution in [0.2, 0.25) is 0 Å². The van der Waals surface area contributed by atoms with Crippen molar-refractivity contribution in [2.45, 2.75) is 39.2 Å². The van der Waals surface area contributed by atoms with Crippen LogP contribution in [0.5, 0.6) is 0 Å². The lowest BCUT2D eigenvalue weighted by atomic mass is 10.00. The SMILES string of the molecule is CC(C)(C)NC(=O)NC(=O)CN1CCCC(C=O)C1. The van der Waals surface area contributed by atoms with Crippen LogP contribution in [-0.2, 0) is 9.59 Å². The fourth-order valence-corrected chi connectivity index (χ4v) is 2.09. The van der Waals surface area contributed by atoms with Crippen molar-refractivity contribution in [1.82, 2.24) is 15.5 Å². The van der Waals surface area contributed by atoms with E-state index in [0.717, 1.165) is 25.7 Å². The molecule has 1 rings (SSSR count). The van der Waals surface area contributed by atoms with Gasteiger partial charge < -0.3 is 10.1 Å². The van der Waals surface area contributed by atoms with Gasteiger partial charge in [-0.1, -0.05) is 0 Å². The fourth-order valence-electron chi connectivity index (χ4n) is 2.09. The van der Waals surface area contributed by atoms with E-state index in [9.17, 15) is 14.4 Å². The van der Waals surface area contributed by atoms with Crippen molar-refractivity contribution in [3.63, 3.8) is 0 Å². The number of aldehydes is 1. The molecule has 1 unspecified atom stereocenters. The number of carbonyl (C=O) groups excluding carboxylic acids is 3. The van der Waals surface area contributed by atoms with Crippen LogP contribution in [0.25, 0.3) is 0 Å². The van der Waals surface area contributed by atoms with E-state index < -0.39 is 6.03 Å². The number of likely N-dealkylation sites (tertiary alicyclic amines) is 1. The van der Waals surface area contributed by atoms with Crippen molar-refractivity contribution in [3.8, 4) is 0 Å². The molecule has 3 amide bonds. The quantitative estimate of drug-likeness (QED) is 0.732. The normalized spacial score (nSPS) is 20.7. The molecular weight excluding hydrogens is 246 g/mol. The monoisotopic (exact) mass is 269 g/mol. The third-order valence-corrected chi connectivity index (χ3v) is 2.84. The number of nitrogens with one attached hydrogen (secondary N) is 2. The number of carbonyl (C=O) groups is 3. The summed E-state index contributed by atoms with van der Waals surface area (Å²) < 4.78 is 0. The Balaban J connectivity index is 2.34. The van der Waals surface area contributed by atoms with Gasteiger partial charge in [0, 0.05) is 18.0 Å². The molecule has 6 nitrogen and oxygen atoms in total. The first-order chi connectivity index (χ1) is 8.80. The van der Waals surface area contributed by atoms with Crippen molar-refractivity contribution in [3.05, 3.63) is 0 Å². The summed E-state index contributed by atoms with van der Waals surface area (Å²) in [6.45, 7) is 7.07. The van der Waals surface area contributed by atoms with Gasteiger partial charge in [-0.15, -0.1) is 0 Å². The molecule has 108 valence electrons. The molecule has 0 spiro atoms. The van der Waals surface area contributed by atoms with Crippen LogP contribution in [0.15, 0.2) is 0 Å². The number of amides is 3. The molecule has 1 heterocycles. The standard InChI is InChI=1S/C13H23N3O3/c1-13(2,3)15-12(19)14-11(18)8-16-6-4-5-10(7-16)9-17/h9-10H,4-8H2,1-3H3,(H2,14,15,18,19). The molecule has 0 bridgehead atoms. The molecule has 0 aromatic rings. The van der Waals surface area contributed by atoms with Crippen LogP contribution in [0, 0.1) is 5.92 Å². The van der Waals surface area contributed by atoms with Crippen LogP contribution in [0.3, 0.4) is 0 Å². The van der Waals surface area contributed by atoms with Crippen molar-refractivity contribution in [1.29, 1.82) is 0 Å². The van der Waals surface area contributed by atoms with Gasteiger partial charge >= 0.3 is 6.03 Å². The van der Waals surface area contributed by atoms with Gasteiger partial charge in [0.25, 0.3) is 0 Å². The molecule has 0 radical (unpaired) electrons. The Bertz CT molecular complexity index is 350. The maximum absolute atomic E-state index is 11.7. The highest BCUT2D eigenvalue weighted by Gasteiger charge is 2.22. The minimum Gasteiger partial charge on any atom is -0.333 e. The molecule has 0 aromatic carbocycles. The van der Waals surface area contributed by atoms with E-state index >= 15 is 0 Å². The highest BCUT2D eigenvalue weighted by atomic mass is 16.2. The number of nitrogens with zero attached hydrogens (tertiary/aromatic N) is 1. The van der Waals surface area contributed by atoms with E-state index in [0.29, 0.717) is 6.54 Å². The Labute approximate surface area is 113 Å². The summed E-state index contributed by atoms with van der Waals surface area (Å²) in [5.41, 5.74) is -0.377. The van der Waals surface area contributed by atoms with Crippen molar-refractivity contribution >= 4 is 18.2 Å². The maximum atomic E-state index is 11.7. The molecule has 1 aliphatic rings. The van der Waals surface area contributed by atoms with Gasteiger partial charge in [-0.2, -0.15) is 0 Å². The summed E-state index contributed by atoms with van der Waals surface area (Å²) in [6.07, 6.45) is 2.73. The van der Waals surface area contributed by atoms with E-state index in [1.165, 1.54) is 0 Å². The Hall–Kier alpha value is -1.43. The Morgan fingerprint density at radius 2 is 2.05 bits per heavy atom. The topological polar surface area (TPSA) is 78.5 Å². The number of piperidine rings is 1. The van der Waals surface area contributed by atoms with Crippen molar-refractivity contribution < 1.29 is 14.4 Å². The smallest absolute Gasteiger partial charge is 0.321 e. The molecule has 1 saturated heterocycles. The molecular formula is C13H23N3O3. The third kappa shape index (κ3) is 6.33. The van der Waals surface area contributed by atoms with Gasteiger partial charge in [-0.25, -0.2) is 4.79 Å². The predicted molar refractivity (Wildman–Crippen MR) is 71.7 cm³/mol. The Morgan fingerprint density at radius 3 is 2.63 bits per heavy atom. The number of rotatable bonds is 3. The van der Waals surface area contributed by atoms with Gasteiger partial charge in [0.2, 0.25) is 5.91 Å². The molecule has 1 aliphatic heterocycles. The Kier molecular flexibility index (Phi) is 5.47. The summed E-state index contributed by atoms with van der Waals surface area (Å²) in [5, 5.41) is 4.96. The van der Waals surface area contributed by atoms with E-state index in [1.807, 2.05) is 25.7 Å². The molecule has 1 fully saturated rings. The lowest BCUT2D eigenvalue weighted by Crippen LogP contribution is -2.51. The zero-order chi connectivity index (χ0) is 14.5. The van der Waals surface area contributed by atoms with Crippen molar-refractivity contribution in [2.24, 2.45) is 5.92 Å². The Morgan fingerprint density at radius 1 is 1.37 bits per heavy atom. The van der Waals surface area contributed by atoms with Crippen LogP contribution in [0.1, 0.15) is 33.6 Å². The van der Waals surface area contributed by atoms with E-state index in [-0.39, 0.29) is 23.9 Å². The van der Waals surface area contributed by atoms with Crippen LogP contribution < -0.4 is 10.6 Å². The van der Waals surface area contributed by atoms with Gasteiger partial charge in [-0.3, -0.25) is 15.0 Å². The first-order valence-electron chi connectivity index (χ1n) is 6.60. The predicted octanol–water partition coefficient (Wildman–Crippen LogP) is 0.522. The summed E-state index contributed by atoms with van der Waals surface area (Å²) in [4.78, 5) is 35.9. The molecule has 0 aromatic heterocycles. The van der Waals surface area contributed by atoms with Gasteiger partial charge in [-0.05, 0) is 40.2 Å². The van der Waals surface area contributed by atoms with Gasteiger partial charge in [0.15, 0.2) is 0 Å². The summed E-state index contributed by atoms with van der Waals surface area (Å²) in [5.74, 6) is -0.335. The second kappa shape index (κ2) is 6.65. The third-order valence-electron chi connectivity index (χ3n) is 2.84. The van der Waals surface area contributed by atoms with Crippen LogP contribution >= 0.6 is 0 Å². The van der Waals surface area contributed by atoms with Crippen molar-refractivity contribution in [2.75, 3.05) is 19.6 Å².